The summed E-state index contributed by atoms with van der Waals surface area (Å²) in [5, 5.41) is 22.2. The number of aliphatic hydroxyl groups is 1. The van der Waals surface area contributed by atoms with Gasteiger partial charge in [0.1, 0.15) is 23.2 Å². The van der Waals surface area contributed by atoms with Gasteiger partial charge in [-0.3, -0.25) is 18.6 Å². The van der Waals surface area contributed by atoms with Crippen LogP contribution in [0.3, 0.4) is 0 Å². The molecule has 4 atom stereocenters. The summed E-state index contributed by atoms with van der Waals surface area (Å²) >= 11 is 1.33. The highest BCUT2D eigenvalue weighted by molar-refractivity contribution is 7.51. The van der Waals surface area contributed by atoms with Gasteiger partial charge in [-0.1, -0.05) is 84.7 Å². The molecule has 0 bridgehead atoms. The van der Waals surface area contributed by atoms with Gasteiger partial charge in [-0.05, 0) is 49.5 Å². The molecule has 2 rings (SSSR count). The van der Waals surface area contributed by atoms with Crippen LogP contribution in [0.4, 0.5) is 0 Å². The Morgan fingerprint density at radius 2 is 1.50 bits per heavy atom. The number of aliphatic hydroxyl groups excluding tert-OH is 1. The summed E-state index contributed by atoms with van der Waals surface area (Å²) in [6.45, 7) is 12.4. The predicted molar refractivity (Wildman–Crippen MR) is 176 cm³/mol. The molecule has 10 nitrogen and oxygen atoms in total. The van der Waals surface area contributed by atoms with Crippen LogP contribution in [0.1, 0.15) is 96.7 Å². The molecule has 0 spiro atoms. The molecular weight excluding hydrogens is 599 g/mol. The zero-order valence-corrected chi connectivity index (χ0v) is 28.9. The Bertz CT molecular complexity index is 1120. The Hall–Kier alpha value is -2.14. The molecule has 2 amide bonds. The lowest BCUT2D eigenvalue weighted by Gasteiger charge is -2.29. The van der Waals surface area contributed by atoms with Gasteiger partial charge in [-0.2, -0.15) is 0 Å². The van der Waals surface area contributed by atoms with Crippen LogP contribution in [-0.2, 0) is 29.6 Å². The van der Waals surface area contributed by atoms with Crippen LogP contribution < -0.4 is 15.7 Å². The molecule has 12 heteroatoms. The highest BCUT2D eigenvalue weighted by Crippen LogP contribution is 2.45. The molecule has 0 aliphatic heterocycles. The van der Waals surface area contributed by atoms with E-state index in [1.807, 2.05) is 71.9 Å². The smallest absolute Gasteiger partial charge is 0.384 e. The van der Waals surface area contributed by atoms with E-state index < -0.39 is 43.8 Å². The number of rotatable bonds is 22. The van der Waals surface area contributed by atoms with Crippen molar-refractivity contribution in [2.24, 2.45) is 11.8 Å². The van der Waals surface area contributed by atoms with E-state index in [0.29, 0.717) is 30.7 Å². The van der Waals surface area contributed by atoms with Crippen LogP contribution in [0.2, 0.25) is 0 Å². The van der Waals surface area contributed by atoms with Crippen molar-refractivity contribution in [1.82, 2.24) is 20.7 Å². The van der Waals surface area contributed by atoms with E-state index in [0.717, 1.165) is 18.4 Å². The van der Waals surface area contributed by atoms with Crippen LogP contribution in [0.15, 0.2) is 41.9 Å². The summed E-state index contributed by atoms with van der Waals surface area (Å²) in [4.78, 5) is 31.9. The second-order valence-corrected chi connectivity index (χ2v) is 14.7. The van der Waals surface area contributed by atoms with Gasteiger partial charge in [0.05, 0.1) is 19.3 Å². The number of hydrogen-bond donors (Lipinski definition) is 4. The number of amides is 2. The lowest BCUT2D eigenvalue weighted by atomic mass is 9.97. The Labute approximate surface area is 267 Å². The molecule has 0 unspecified atom stereocenters. The first kappa shape index (κ1) is 38.0. The van der Waals surface area contributed by atoms with Crippen molar-refractivity contribution in [1.29, 1.82) is 0 Å². The fourth-order valence-corrected chi connectivity index (χ4v) is 6.83. The Balaban J connectivity index is 2.32. The zero-order chi connectivity index (χ0) is 32.5. The van der Waals surface area contributed by atoms with Gasteiger partial charge < -0.3 is 15.7 Å². The zero-order valence-electron chi connectivity index (χ0n) is 27.2. The van der Waals surface area contributed by atoms with Crippen LogP contribution in [0.5, 0.6) is 0 Å². The third kappa shape index (κ3) is 13.9. The van der Waals surface area contributed by atoms with Gasteiger partial charge >= 0.3 is 7.75 Å². The average Bonchev–Trinajstić information content (AvgIpc) is 3.51. The van der Waals surface area contributed by atoms with Gasteiger partial charge in [0, 0.05) is 11.6 Å². The fraction of sp³-hybridized carbons (Fsp3) is 0.656. The van der Waals surface area contributed by atoms with Crippen molar-refractivity contribution >= 4 is 30.9 Å². The monoisotopic (exact) mass is 652 g/mol. The number of benzene rings is 1. The van der Waals surface area contributed by atoms with Gasteiger partial charge in [0.2, 0.25) is 11.8 Å². The largest absolute Gasteiger partial charge is 0.406 e. The molecule has 4 N–H and O–H groups in total. The standard InChI is InChI=1S/C32H53N4O6PS/c1-7-9-17-41-43(40,42-18-10-8-2)36-28(22-25-14-12-11-13-15-25)31(39)35-27(21-24(5)6)30(38)34-26(20-23(3)4)29(37)32-33-16-19-44-32/h11-16,19,23-24,26-29,37H,7-10,17-18,20-22H2,1-6H3,(H,34,38)(H,35,39)(H,36,40)/t26-,27-,28-,29+/m0/s1. The number of aromatic nitrogens is 1. The summed E-state index contributed by atoms with van der Waals surface area (Å²) in [5.41, 5.74) is 0.849. The van der Waals surface area contributed by atoms with Crippen molar-refractivity contribution in [3.8, 4) is 0 Å². The summed E-state index contributed by atoms with van der Waals surface area (Å²) in [5.74, 6) is -0.607. The van der Waals surface area contributed by atoms with Crippen molar-refractivity contribution in [3.63, 3.8) is 0 Å². The number of nitrogens with zero attached hydrogens (tertiary/aromatic N) is 1. The number of carbonyl (C=O) groups excluding carboxylic acids is 2. The molecule has 44 heavy (non-hydrogen) atoms. The molecule has 0 fully saturated rings. The van der Waals surface area contributed by atoms with Crippen molar-refractivity contribution in [2.75, 3.05) is 13.2 Å². The molecule has 2 aromatic rings. The molecule has 0 saturated heterocycles. The normalized spacial score (nSPS) is 14.8. The lowest BCUT2D eigenvalue weighted by Crippen LogP contribution is -2.55. The van der Waals surface area contributed by atoms with Gasteiger partial charge in [-0.15, -0.1) is 11.3 Å². The van der Waals surface area contributed by atoms with E-state index in [-0.39, 0.29) is 31.5 Å². The van der Waals surface area contributed by atoms with Crippen molar-refractivity contribution in [3.05, 3.63) is 52.5 Å². The number of hydrogen-bond acceptors (Lipinski definition) is 8. The maximum Gasteiger partial charge on any atom is 0.406 e. The number of nitrogens with one attached hydrogen (secondary N) is 3. The summed E-state index contributed by atoms with van der Waals surface area (Å²) in [7, 11) is -3.85. The van der Waals surface area contributed by atoms with Crippen molar-refractivity contribution < 1.29 is 28.3 Å². The molecule has 0 radical (unpaired) electrons. The molecular formula is C32H53N4O6PS. The van der Waals surface area contributed by atoms with Crippen LogP contribution in [0, 0.1) is 11.8 Å². The first-order chi connectivity index (χ1) is 21.0. The van der Waals surface area contributed by atoms with E-state index in [2.05, 4.69) is 20.7 Å². The summed E-state index contributed by atoms with van der Waals surface area (Å²) in [6, 6.07) is 6.93. The Morgan fingerprint density at radius 1 is 0.909 bits per heavy atom. The molecule has 1 heterocycles. The maximum absolute atomic E-state index is 13.9. The minimum atomic E-state index is -3.85. The van der Waals surface area contributed by atoms with Crippen molar-refractivity contribution in [2.45, 2.75) is 111 Å². The number of unbranched alkanes of at least 4 members (excludes halogenated alkanes) is 2. The predicted octanol–water partition coefficient (Wildman–Crippen LogP) is 6.18. The van der Waals surface area contributed by atoms with Crippen LogP contribution in [-0.4, -0.2) is 53.2 Å². The summed E-state index contributed by atoms with van der Waals surface area (Å²) in [6.07, 6.45) is 4.84. The minimum Gasteiger partial charge on any atom is -0.384 e. The molecule has 0 aliphatic rings. The van der Waals surface area contributed by atoms with E-state index in [1.54, 1.807) is 11.6 Å². The highest BCUT2D eigenvalue weighted by atomic mass is 32.1. The third-order valence-electron chi connectivity index (χ3n) is 6.91. The maximum atomic E-state index is 13.9. The molecule has 1 aromatic heterocycles. The second kappa shape index (κ2) is 20.1. The van der Waals surface area contributed by atoms with E-state index in [1.165, 1.54) is 11.3 Å². The topological polar surface area (TPSA) is 139 Å². The second-order valence-electron chi connectivity index (χ2n) is 12.0. The number of carbonyl (C=O) groups is 2. The number of thiazole rings is 1. The minimum absolute atomic E-state index is 0.0832. The SMILES string of the molecule is CCCCOP(=O)(N[C@@H](Cc1ccccc1)C(=O)N[C@@H](CC(C)C)C(=O)N[C@@H](CC(C)C)[C@@H](O)c1nccs1)OCCCC. The molecule has 0 aliphatic carbocycles. The Morgan fingerprint density at radius 3 is 2.02 bits per heavy atom. The average molecular weight is 653 g/mol. The highest BCUT2D eigenvalue weighted by Gasteiger charge is 2.35. The Kier molecular flexibility index (Phi) is 17.4. The fourth-order valence-electron chi connectivity index (χ4n) is 4.59. The molecule has 248 valence electrons. The lowest BCUT2D eigenvalue weighted by molar-refractivity contribution is -0.131. The molecule has 1 aromatic carbocycles. The van der Waals surface area contributed by atoms with Crippen LogP contribution in [0.25, 0.3) is 0 Å². The van der Waals surface area contributed by atoms with E-state index in [9.17, 15) is 19.3 Å². The van der Waals surface area contributed by atoms with Crippen LogP contribution >= 0.6 is 19.1 Å². The van der Waals surface area contributed by atoms with E-state index in [4.69, 9.17) is 9.05 Å². The first-order valence-corrected chi connectivity index (χ1v) is 18.3. The quantitative estimate of drug-likeness (QED) is 0.0874. The molecule has 0 saturated carbocycles. The van der Waals surface area contributed by atoms with E-state index >= 15 is 0 Å². The van der Waals surface area contributed by atoms with Gasteiger partial charge in [0.25, 0.3) is 0 Å². The van der Waals surface area contributed by atoms with Gasteiger partial charge in [0.15, 0.2) is 0 Å². The van der Waals surface area contributed by atoms with Gasteiger partial charge in [-0.25, -0.2) is 14.6 Å². The third-order valence-corrected chi connectivity index (χ3v) is 9.43. The first-order valence-electron chi connectivity index (χ1n) is 15.9. The summed E-state index contributed by atoms with van der Waals surface area (Å²) < 4.78 is 25.3.